The van der Waals surface area contributed by atoms with E-state index >= 15 is 0 Å². The fourth-order valence-corrected chi connectivity index (χ4v) is 4.00. The lowest BCUT2D eigenvalue weighted by Gasteiger charge is -2.11. The molecule has 0 radical (unpaired) electrons. The van der Waals surface area contributed by atoms with E-state index in [1.54, 1.807) is 30.3 Å². The minimum atomic E-state index is -3.43. The number of amides is 2. The Kier molecular flexibility index (Phi) is 6.48. The van der Waals surface area contributed by atoms with Gasteiger partial charge in [0.15, 0.2) is 15.6 Å². The van der Waals surface area contributed by atoms with Crippen LogP contribution in [0.1, 0.15) is 39.8 Å². The van der Waals surface area contributed by atoms with Gasteiger partial charge in [0.25, 0.3) is 11.8 Å². The summed E-state index contributed by atoms with van der Waals surface area (Å²) in [6, 6.07) is 11.3. The molecule has 1 aromatic heterocycles. The summed E-state index contributed by atoms with van der Waals surface area (Å²) in [5.74, 6) is -1.51. The van der Waals surface area contributed by atoms with Crippen molar-refractivity contribution in [3.63, 3.8) is 0 Å². The summed E-state index contributed by atoms with van der Waals surface area (Å²) < 4.78 is 29.5. The van der Waals surface area contributed by atoms with Gasteiger partial charge in [-0.15, -0.1) is 0 Å². The lowest BCUT2D eigenvalue weighted by Crippen LogP contribution is -2.26. The van der Waals surface area contributed by atoms with Gasteiger partial charge in [0.2, 0.25) is 0 Å². The minimum Gasteiger partial charge on any atom is -0.451 e. The number of carbonyl (C=O) groups excluding carboxylic acids is 2. The average Bonchev–Trinajstić information content (AvgIpc) is 3.03. The summed E-state index contributed by atoms with van der Waals surface area (Å²) in [5, 5.41) is 6.26. The first-order valence-electron chi connectivity index (χ1n) is 9.27. The first-order chi connectivity index (χ1) is 14.2. The maximum Gasteiger partial charge on any atom is 0.291 e. The zero-order chi connectivity index (χ0) is 21.9. The van der Waals surface area contributed by atoms with Crippen LogP contribution >= 0.6 is 11.6 Å². The predicted molar refractivity (Wildman–Crippen MR) is 117 cm³/mol. The van der Waals surface area contributed by atoms with E-state index in [2.05, 4.69) is 10.6 Å². The molecule has 0 aliphatic carbocycles. The smallest absolute Gasteiger partial charge is 0.291 e. The highest BCUT2D eigenvalue weighted by Gasteiger charge is 2.24. The number of para-hydroxylation sites is 1. The molecule has 1 heterocycles. The SMILES string of the molecule is CCCNC(=O)c1ccc(Cl)cc1NC(=O)c1oc2ccccc2c1CS(C)(=O)=O. The van der Waals surface area contributed by atoms with Crippen molar-refractivity contribution in [2.45, 2.75) is 19.1 Å². The van der Waals surface area contributed by atoms with Crippen LogP contribution in [-0.2, 0) is 15.6 Å². The van der Waals surface area contributed by atoms with Crippen LogP contribution in [0.4, 0.5) is 5.69 Å². The van der Waals surface area contributed by atoms with E-state index in [1.165, 1.54) is 12.1 Å². The number of anilines is 1. The lowest BCUT2D eigenvalue weighted by molar-refractivity contribution is 0.0954. The van der Waals surface area contributed by atoms with Gasteiger partial charge in [-0.05, 0) is 30.7 Å². The maximum absolute atomic E-state index is 13.0. The average molecular weight is 449 g/mol. The molecular weight excluding hydrogens is 428 g/mol. The molecule has 3 aromatic rings. The van der Waals surface area contributed by atoms with E-state index in [0.717, 1.165) is 12.7 Å². The summed E-state index contributed by atoms with van der Waals surface area (Å²) >= 11 is 6.05. The Morgan fingerprint density at radius 1 is 1.10 bits per heavy atom. The highest BCUT2D eigenvalue weighted by molar-refractivity contribution is 7.89. The molecule has 158 valence electrons. The summed E-state index contributed by atoms with van der Waals surface area (Å²) in [6.07, 6.45) is 1.85. The molecule has 0 saturated carbocycles. The van der Waals surface area contributed by atoms with Crippen LogP contribution in [0.25, 0.3) is 11.0 Å². The van der Waals surface area contributed by atoms with Gasteiger partial charge in [-0.2, -0.15) is 0 Å². The third-order valence-electron chi connectivity index (χ3n) is 4.32. The van der Waals surface area contributed by atoms with Crippen molar-refractivity contribution in [1.29, 1.82) is 0 Å². The van der Waals surface area contributed by atoms with Gasteiger partial charge in [-0.25, -0.2) is 8.42 Å². The monoisotopic (exact) mass is 448 g/mol. The topological polar surface area (TPSA) is 105 Å². The van der Waals surface area contributed by atoms with Gasteiger partial charge >= 0.3 is 0 Å². The van der Waals surface area contributed by atoms with Gasteiger partial charge in [-0.3, -0.25) is 9.59 Å². The van der Waals surface area contributed by atoms with Crippen LogP contribution in [0.3, 0.4) is 0 Å². The third kappa shape index (κ3) is 5.01. The highest BCUT2D eigenvalue weighted by atomic mass is 35.5. The Balaban J connectivity index is 2.01. The zero-order valence-electron chi connectivity index (χ0n) is 16.5. The Morgan fingerprint density at radius 3 is 2.53 bits per heavy atom. The molecule has 0 aliphatic heterocycles. The van der Waals surface area contributed by atoms with Crippen LogP contribution in [0.5, 0.6) is 0 Å². The van der Waals surface area contributed by atoms with E-state index in [9.17, 15) is 18.0 Å². The van der Waals surface area contributed by atoms with Crippen molar-refractivity contribution in [3.05, 3.63) is 64.4 Å². The molecule has 0 fully saturated rings. The molecule has 0 unspecified atom stereocenters. The zero-order valence-corrected chi connectivity index (χ0v) is 18.1. The number of rotatable bonds is 7. The van der Waals surface area contributed by atoms with Gasteiger partial charge in [0.05, 0.1) is 17.0 Å². The Labute approximate surface area is 179 Å². The van der Waals surface area contributed by atoms with Crippen molar-refractivity contribution in [1.82, 2.24) is 5.32 Å². The second-order valence-corrected chi connectivity index (χ2v) is 9.45. The minimum absolute atomic E-state index is 0.124. The molecule has 0 bridgehead atoms. The highest BCUT2D eigenvalue weighted by Crippen LogP contribution is 2.29. The number of halogens is 1. The van der Waals surface area contributed by atoms with E-state index in [-0.39, 0.29) is 34.2 Å². The molecule has 2 amide bonds. The van der Waals surface area contributed by atoms with Gasteiger partial charge < -0.3 is 15.1 Å². The lowest BCUT2D eigenvalue weighted by atomic mass is 10.1. The molecule has 3 rings (SSSR count). The van der Waals surface area contributed by atoms with Gasteiger partial charge in [-0.1, -0.05) is 36.7 Å². The van der Waals surface area contributed by atoms with E-state index in [1.807, 2.05) is 6.92 Å². The Bertz CT molecular complexity index is 1220. The number of hydrogen-bond acceptors (Lipinski definition) is 5. The first kappa shape index (κ1) is 21.9. The van der Waals surface area contributed by atoms with Gasteiger partial charge in [0, 0.05) is 28.8 Å². The molecule has 0 spiro atoms. The third-order valence-corrected chi connectivity index (χ3v) is 5.37. The Hall–Kier alpha value is -2.84. The molecule has 0 aliphatic rings. The number of carbonyl (C=O) groups is 2. The van der Waals surface area contributed by atoms with Crippen molar-refractivity contribution in [2.75, 3.05) is 18.1 Å². The van der Waals surface area contributed by atoms with Crippen LogP contribution in [0.2, 0.25) is 5.02 Å². The van der Waals surface area contributed by atoms with Crippen molar-refractivity contribution in [2.24, 2.45) is 0 Å². The number of nitrogens with one attached hydrogen (secondary N) is 2. The standard InChI is InChI=1S/C21H21ClN2O5S/c1-3-10-23-20(25)15-9-8-13(22)11-17(15)24-21(26)19-16(12-30(2,27)28)14-6-4-5-7-18(14)29-19/h4-9,11H,3,10,12H2,1-2H3,(H,23,25)(H,24,26). The molecular formula is C21H21ClN2O5S. The first-order valence-corrected chi connectivity index (χ1v) is 11.7. The molecule has 0 saturated heterocycles. The summed E-state index contributed by atoms with van der Waals surface area (Å²) in [6.45, 7) is 2.41. The van der Waals surface area contributed by atoms with Gasteiger partial charge in [0.1, 0.15) is 5.58 Å². The fraction of sp³-hybridized carbons (Fsp3) is 0.238. The number of sulfone groups is 1. The summed E-state index contributed by atoms with van der Waals surface area (Å²) in [5.41, 5.74) is 1.10. The number of benzene rings is 2. The molecule has 7 nitrogen and oxygen atoms in total. The molecule has 9 heteroatoms. The second kappa shape index (κ2) is 8.89. The van der Waals surface area contributed by atoms with Crippen LogP contribution in [0, 0.1) is 0 Å². The van der Waals surface area contributed by atoms with E-state index in [0.29, 0.717) is 22.5 Å². The van der Waals surface area contributed by atoms with E-state index in [4.69, 9.17) is 16.0 Å². The fourth-order valence-electron chi connectivity index (χ4n) is 3.02. The van der Waals surface area contributed by atoms with Crippen LogP contribution in [-0.4, -0.2) is 33.0 Å². The second-order valence-electron chi connectivity index (χ2n) is 6.88. The Morgan fingerprint density at radius 2 is 1.83 bits per heavy atom. The maximum atomic E-state index is 13.0. The van der Waals surface area contributed by atoms with Crippen molar-refractivity contribution >= 4 is 49.9 Å². The number of hydrogen-bond donors (Lipinski definition) is 2. The molecule has 2 aromatic carbocycles. The van der Waals surface area contributed by atoms with E-state index < -0.39 is 15.7 Å². The summed E-state index contributed by atoms with van der Waals surface area (Å²) in [4.78, 5) is 25.5. The quantitative estimate of drug-likeness (QED) is 0.567. The number of furan rings is 1. The van der Waals surface area contributed by atoms with Crippen LogP contribution < -0.4 is 10.6 Å². The van der Waals surface area contributed by atoms with Crippen molar-refractivity contribution < 1.29 is 22.4 Å². The summed E-state index contributed by atoms with van der Waals surface area (Å²) in [7, 11) is -3.43. The molecule has 2 N–H and O–H groups in total. The largest absolute Gasteiger partial charge is 0.451 e. The normalized spacial score (nSPS) is 11.4. The van der Waals surface area contributed by atoms with Crippen molar-refractivity contribution in [3.8, 4) is 0 Å². The van der Waals surface area contributed by atoms with Crippen LogP contribution in [0.15, 0.2) is 46.9 Å². The molecule has 30 heavy (non-hydrogen) atoms. The predicted octanol–water partition coefficient (Wildman–Crippen LogP) is 4.02. The molecule has 0 atom stereocenters. The number of fused-ring (bicyclic) bond motifs is 1.